The smallest absolute Gasteiger partial charge is 0.266 e. The Balaban J connectivity index is 1.76. The molecule has 5 rings (SSSR count). The molecule has 0 spiro atoms. The molecule has 0 amide bonds. The Bertz CT molecular complexity index is 1520. The van der Waals surface area contributed by atoms with Crippen molar-refractivity contribution in [3.63, 3.8) is 0 Å². The number of aromatic amines is 1. The van der Waals surface area contributed by atoms with Crippen LogP contribution in [0.15, 0.2) is 59.9 Å². The lowest BCUT2D eigenvalue weighted by atomic mass is 10.1. The number of anilines is 1. The Morgan fingerprint density at radius 3 is 2.50 bits per heavy atom. The predicted octanol–water partition coefficient (Wildman–Crippen LogP) is 4.25. The lowest BCUT2D eigenvalue weighted by Crippen LogP contribution is -2.27. The van der Waals surface area contributed by atoms with Crippen LogP contribution in [0.4, 0.5) is 19.0 Å². The maximum absolute atomic E-state index is 14.7. The van der Waals surface area contributed by atoms with E-state index in [9.17, 15) is 18.0 Å². The van der Waals surface area contributed by atoms with Gasteiger partial charge in [-0.25, -0.2) is 28.1 Å². The number of imidazole rings is 1. The SMILES string of the molecule is C[C@H](Nc1ncnc2[nH]cnc12)c1cc2cccc(F)c2c(=O)n1-c1c(F)cccc1F. The van der Waals surface area contributed by atoms with Crippen molar-refractivity contribution >= 4 is 27.8 Å². The minimum absolute atomic E-state index is 0.208. The fraction of sp³-hybridized carbons (Fsp3) is 0.0909. The van der Waals surface area contributed by atoms with Crippen molar-refractivity contribution in [3.8, 4) is 5.69 Å². The van der Waals surface area contributed by atoms with E-state index in [1.807, 2.05) is 0 Å². The van der Waals surface area contributed by atoms with E-state index in [0.717, 1.165) is 22.8 Å². The van der Waals surface area contributed by atoms with E-state index in [0.29, 0.717) is 22.4 Å². The van der Waals surface area contributed by atoms with Gasteiger partial charge < -0.3 is 10.3 Å². The third-order valence-corrected chi connectivity index (χ3v) is 5.20. The summed E-state index contributed by atoms with van der Waals surface area (Å²) in [6.45, 7) is 1.69. The first kappa shape index (κ1) is 19.7. The fourth-order valence-corrected chi connectivity index (χ4v) is 3.74. The summed E-state index contributed by atoms with van der Waals surface area (Å²) in [5.74, 6) is -2.32. The molecule has 0 bridgehead atoms. The van der Waals surface area contributed by atoms with Crippen LogP contribution in [0.5, 0.6) is 0 Å². The highest BCUT2D eigenvalue weighted by atomic mass is 19.1. The van der Waals surface area contributed by atoms with Crippen LogP contribution in [0, 0.1) is 17.5 Å². The number of nitrogens with one attached hydrogen (secondary N) is 2. The first-order valence-corrected chi connectivity index (χ1v) is 9.65. The Morgan fingerprint density at radius 1 is 1.00 bits per heavy atom. The Morgan fingerprint density at radius 2 is 1.72 bits per heavy atom. The Hall–Kier alpha value is -4.21. The molecule has 2 N–H and O–H groups in total. The molecule has 10 heteroatoms. The molecule has 0 aliphatic carbocycles. The highest BCUT2D eigenvalue weighted by Crippen LogP contribution is 2.28. The molecule has 0 aliphatic heterocycles. The predicted molar refractivity (Wildman–Crippen MR) is 113 cm³/mol. The van der Waals surface area contributed by atoms with E-state index in [1.165, 1.54) is 30.9 Å². The number of halogens is 3. The van der Waals surface area contributed by atoms with E-state index in [-0.39, 0.29) is 11.1 Å². The van der Waals surface area contributed by atoms with Crippen molar-refractivity contribution in [2.75, 3.05) is 5.32 Å². The second-order valence-corrected chi connectivity index (χ2v) is 7.17. The number of H-pyrrole nitrogens is 1. The molecule has 160 valence electrons. The number of aromatic nitrogens is 5. The van der Waals surface area contributed by atoms with Gasteiger partial charge in [-0.3, -0.25) is 9.36 Å². The molecule has 3 heterocycles. The van der Waals surface area contributed by atoms with Crippen LogP contribution in [0.3, 0.4) is 0 Å². The number of para-hydroxylation sites is 1. The quantitative estimate of drug-likeness (QED) is 0.440. The molecular formula is C22H15F3N6O. The monoisotopic (exact) mass is 436 g/mol. The standard InChI is InChI=1S/C22H15F3N6O/c1-11(30-21-18-20(27-9-26-18)28-10-29-21)16-8-12-4-2-5-13(23)17(12)22(32)31(16)19-14(24)6-3-7-15(19)25/h2-11H,1H3,(H2,26,27,28,29,30)/t11-/m0/s1. The average molecular weight is 436 g/mol. The highest BCUT2D eigenvalue weighted by Gasteiger charge is 2.23. The van der Waals surface area contributed by atoms with Crippen molar-refractivity contribution in [1.82, 2.24) is 24.5 Å². The molecule has 0 radical (unpaired) electrons. The maximum Gasteiger partial charge on any atom is 0.266 e. The van der Waals surface area contributed by atoms with Crippen molar-refractivity contribution in [1.29, 1.82) is 0 Å². The summed E-state index contributed by atoms with van der Waals surface area (Å²) in [6, 6.07) is 8.27. The molecule has 32 heavy (non-hydrogen) atoms. The number of hydrogen-bond donors (Lipinski definition) is 2. The van der Waals surface area contributed by atoms with Gasteiger partial charge in [0.2, 0.25) is 0 Å². The molecule has 0 unspecified atom stereocenters. The molecule has 1 atom stereocenters. The molecule has 0 fully saturated rings. The van der Waals surface area contributed by atoms with Gasteiger partial charge in [-0.2, -0.15) is 0 Å². The molecule has 0 aliphatic rings. The zero-order valence-electron chi connectivity index (χ0n) is 16.6. The van der Waals surface area contributed by atoms with Crippen molar-refractivity contribution in [2.45, 2.75) is 13.0 Å². The summed E-state index contributed by atoms with van der Waals surface area (Å²) in [5, 5.41) is 3.15. The van der Waals surface area contributed by atoms with E-state index < -0.39 is 34.7 Å². The van der Waals surface area contributed by atoms with E-state index in [2.05, 4.69) is 25.3 Å². The minimum atomic E-state index is -0.951. The molecule has 5 aromatic rings. The first-order chi connectivity index (χ1) is 15.5. The molecule has 0 saturated heterocycles. The number of pyridine rings is 1. The van der Waals surface area contributed by atoms with Gasteiger partial charge in [-0.05, 0) is 36.6 Å². The zero-order chi connectivity index (χ0) is 22.4. The molecule has 0 saturated carbocycles. The number of rotatable bonds is 4. The highest BCUT2D eigenvalue weighted by molar-refractivity contribution is 5.84. The third-order valence-electron chi connectivity index (χ3n) is 5.20. The second kappa shape index (κ2) is 7.49. The normalized spacial score (nSPS) is 12.4. The van der Waals surface area contributed by atoms with Crippen LogP contribution >= 0.6 is 0 Å². The first-order valence-electron chi connectivity index (χ1n) is 9.65. The van der Waals surface area contributed by atoms with Gasteiger partial charge in [-0.1, -0.05) is 18.2 Å². The number of hydrogen-bond acceptors (Lipinski definition) is 5. The number of nitrogens with zero attached hydrogens (tertiary/aromatic N) is 4. The van der Waals surface area contributed by atoms with Crippen LogP contribution < -0.4 is 10.9 Å². The topological polar surface area (TPSA) is 88.5 Å². The third kappa shape index (κ3) is 3.08. The summed E-state index contributed by atoms with van der Waals surface area (Å²) in [4.78, 5) is 28.6. The molecular weight excluding hydrogens is 421 g/mol. The lowest BCUT2D eigenvalue weighted by Gasteiger charge is -2.22. The van der Waals surface area contributed by atoms with Crippen LogP contribution in [0.2, 0.25) is 0 Å². The summed E-state index contributed by atoms with van der Waals surface area (Å²) >= 11 is 0. The van der Waals surface area contributed by atoms with Crippen molar-refractivity contribution in [2.24, 2.45) is 0 Å². The average Bonchev–Trinajstić information content (AvgIpc) is 3.24. The molecule has 7 nitrogen and oxygen atoms in total. The molecule has 3 aromatic heterocycles. The lowest BCUT2D eigenvalue weighted by molar-refractivity contribution is 0.560. The summed E-state index contributed by atoms with van der Waals surface area (Å²) < 4.78 is 44.8. The number of benzene rings is 2. The van der Waals surface area contributed by atoms with Gasteiger partial charge >= 0.3 is 0 Å². The van der Waals surface area contributed by atoms with E-state index >= 15 is 0 Å². The van der Waals surface area contributed by atoms with Crippen LogP contribution in [0.1, 0.15) is 18.7 Å². The van der Waals surface area contributed by atoms with Gasteiger partial charge in [0, 0.05) is 5.69 Å². The van der Waals surface area contributed by atoms with Crippen molar-refractivity contribution < 1.29 is 13.2 Å². The largest absolute Gasteiger partial charge is 0.360 e. The fourth-order valence-electron chi connectivity index (χ4n) is 3.74. The van der Waals surface area contributed by atoms with Gasteiger partial charge in [0.05, 0.1) is 17.8 Å². The molecule has 2 aromatic carbocycles. The van der Waals surface area contributed by atoms with Gasteiger partial charge in [0.1, 0.15) is 35.0 Å². The Labute approximate surface area is 178 Å². The van der Waals surface area contributed by atoms with Crippen LogP contribution in [-0.2, 0) is 0 Å². The Kier molecular flexibility index (Phi) is 4.62. The zero-order valence-corrected chi connectivity index (χ0v) is 16.6. The summed E-state index contributed by atoms with van der Waals surface area (Å²) in [7, 11) is 0. The van der Waals surface area contributed by atoms with Crippen LogP contribution in [0.25, 0.3) is 27.6 Å². The summed E-state index contributed by atoms with van der Waals surface area (Å²) in [6.07, 6.45) is 2.79. The maximum atomic E-state index is 14.7. The van der Waals surface area contributed by atoms with E-state index in [4.69, 9.17) is 0 Å². The van der Waals surface area contributed by atoms with Gasteiger partial charge in [0.15, 0.2) is 11.5 Å². The second-order valence-electron chi connectivity index (χ2n) is 7.17. The minimum Gasteiger partial charge on any atom is -0.360 e. The van der Waals surface area contributed by atoms with Crippen LogP contribution in [-0.4, -0.2) is 24.5 Å². The van der Waals surface area contributed by atoms with Gasteiger partial charge in [0.25, 0.3) is 5.56 Å². The van der Waals surface area contributed by atoms with E-state index in [1.54, 1.807) is 13.0 Å². The van der Waals surface area contributed by atoms with Gasteiger partial charge in [-0.15, -0.1) is 0 Å². The summed E-state index contributed by atoms with van der Waals surface area (Å²) in [5.41, 5.74) is -0.302. The van der Waals surface area contributed by atoms with Crippen molar-refractivity contribution in [3.05, 3.63) is 88.6 Å². The number of fused-ring (bicyclic) bond motifs is 2.